The van der Waals surface area contributed by atoms with Crippen molar-refractivity contribution in [3.8, 4) is 0 Å². The molecule has 0 radical (unpaired) electrons. The maximum atomic E-state index is 11.1. The number of amides is 1. The monoisotopic (exact) mass is 263 g/mol. The minimum absolute atomic E-state index is 0.0259. The Hall–Kier alpha value is -1.46. The molecule has 1 fully saturated rings. The molecular weight excluding hydrogens is 246 g/mol. The van der Waals surface area contributed by atoms with Crippen LogP contribution in [-0.2, 0) is 11.3 Å². The molecule has 1 aromatic rings. The highest BCUT2D eigenvalue weighted by atomic mass is 32.1. The van der Waals surface area contributed by atoms with Gasteiger partial charge in [0, 0.05) is 18.7 Å². The van der Waals surface area contributed by atoms with Crippen molar-refractivity contribution in [2.75, 3.05) is 13.1 Å². The molecule has 0 spiro atoms. The zero-order valence-electron chi connectivity index (χ0n) is 10.1. The first-order valence-corrected chi connectivity index (χ1v) is 6.38. The van der Waals surface area contributed by atoms with E-state index < -0.39 is 0 Å². The van der Waals surface area contributed by atoms with E-state index in [0.29, 0.717) is 4.99 Å². The lowest BCUT2D eigenvalue weighted by molar-refractivity contribution is -0.121. The highest BCUT2D eigenvalue weighted by Gasteiger charge is 2.26. The molecule has 18 heavy (non-hydrogen) atoms. The summed E-state index contributed by atoms with van der Waals surface area (Å²) in [5, 5.41) is 0. The lowest BCUT2D eigenvalue weighted by atomic mass is 10.1. The van der Waals surface area contributed by atoms with Crippen LogP contribution in [0, 0.1) is 5.92 Å². The van der Waals surface area contributed by atoms with Gasteiger partial charge in [-0.2, -0.15) is 0 Å². The van der Waals surface area contributed by atoms with Crippen LogP contribution >= 0.6 is 12.2 Å². The molecule has 1 heterocycles. The second kappa shape index (κ2) is 5.46. The number of carbonyl (C=O) groups is 1. The van der Waals surface area contributed by atoms with E-state index in [1.807, 2.05) is 24.3 Å². The van der Waals surface area contributed by atoms with Crippen LogP contribution in [0.2, 0.25) is 0 Å². The van der Waals surface area contributed by atoms with Crippen LogP contribution in [0.15, 0.2) is 24.3 Å². The zero-order valence-corrected chi connectivity index (χ0v) is 11.0. The number of hydrogen-bond donors (Lipinski definition) is 2. The summed E-state index contributed by atoms with van der Waals surface area (Å²) in [7, 11) is 0. The van der Waals surface area contributed by atoms with Crippen LogP contribution in [-0.4, -0.2) is 28.9 Å². The van der Waals surface area contributed by atoms with Crippen LogP contribution in [0.3, 0.4) is 0 Å². The Morgan fingerprint density at radius 2 is 2.11 bits per heavy atom. The number of hydrogen-bond acceptors (Lipinski definition) is 3. The van der Waals surface area contributed by atoms with Crippen molar-refractivity contribution in [1.29, 1.82) is 0 Å². The maximum absolute atomic E-state index is 11.1. The van der Waals surface area contributed by atoms with E-state index in [1.165, 1.54) is 0 Å². The van der Waals surface area contributed by atoms with E-state index >= 15 is 0 Å². The fraction of sp³-hybridized carbons (Fsp3) is 0.385. The van der Waals surface area contributed by atoms with Gasteiger partial charge in [-0.15, -0.1) is 0 Å². The van der Waals surface area contributed by atoms with Crippen LogP contribution in [0.5, 0.6) is 0 Å². The van der Waals surface area contributed by atoms with E-state index in [4.69, 9.17) is 23.7 Å². The van der Waals surface area contributed by atoms with Crippen molar-refractivity contribution >= 4 is 23.1 Å². The van der Waals surface area contributed by atoms with Gasteiger partial charge >= 0.3 is 0 Å². The lowest BCUT2D eigenvalue weighted by Gasteiger charge is -2.17. The van der Waals surface area contributed by atoms with Gasteiger partial charge in [-0.05, 0) is 18.5 Å². The van der Waals surface area contributed by atoms with E-state index in [1.54, 1.807) is 0 Å². The summed E-state index contributed by atoms with van der Waals surface area (Å²) < 4.78 is 0. The van der Waals surface area contributed by atoms with E-state index in [2.05, 4.69) is 4.90 Å². The third-order valence-corrected chi connectivity index (χ3v) is 3.57. The molecule has 4 N–H and O–H groups in total. The van der Waals surface area contributed by atoms with Crippen LogP contribution < -0.4 is 11.5 Å². The summed E-state index contributed by atoms with van der Waals surface area (Å²) in [6.07, 6.45) is 0.838. The predicted octanol–water partition coefficient (Wildman–Crippen LogP) is 0.628. The molecule has 4 nitrogen and oxygen atoms in total. The Bertz CT molecular complexity index is 475. The number of nitrogens with zero attached hydrogens (tertiary/aromatic N) is 1. The van der Waals surface area contributed by atoms with Crippen LogP contribution in [0.25, 0.3) is 0 Å². The van der Waals surface area contributed by atoms with Gasteiger partial charge in [0.2, 0.25) is 5.91 Å². The molecule has 1 aromatic carbocycles. The van der Waals surface area contributed by atoms with Gasteiger partial charge in [-0.1, -0.05) is 36.5 Å². The van der Waals surface area contributed by atoms with E-state index in [0.717, 1.165) is 37.2 Å². The minimum Gasteiger partial charge on any atom is -0.389 e. The average Bonchev–Trinajstić information content (AvgIpc) is 2.78. The van der Waals surface area contributed by atoms with Crippen molar-refractivity contribution in [3.05, 3.63) is 35.4 Å². The van der Waals surface area contributed by atoms with Gasteiger partial charge in [-0.25, -0.2) is 0 Å². The molecule has 0 saturated carbocycles. The van der Waals surface area contributed by atoms with E-state index in [-0.39, 0.29) is 11.8 Å². The summed E-state index contributed by atoms with van der Waals surface area (Å²) >= 11 is 5.04. The van der Waals surface area contributed by atoms with Gasteiger partial charge in [0.15, 0.2) is 0 Å². The Morgan fingerprint density at radius 1 is 1.39 bits per heavy atom. The Balaban J connectivity index is 2.07. The summed E-state index contributed by atoms with van der Waals surface area (Å²) in [5.74, 6) is -0.234. The molecule has 1 amide bonds. The smallest absolute Gasteiger partial charge is 0.221 e. The Kier molecular flexibility index (Phi) is 3.93. The highest BCUT2D eigenvalue weighted by molar-refractivity contribution is 7.80. The molecule has 1 aliphatic heterocycles. The molecule has 1 atom stereocenters. The molecule has 1 saturated heterocycles. The third kappa shape index (κ3) is 2.86. The normalized spacial score (nSPS) is 19.9. The molecular formula is C13H17N3OS. The fourth-order valence-electron chi connectivity index (χ4n) is 2.35. The molecule has 96 valence electrons. The van der Waals surface area contributed by atoms with Crippen molar-refractivity contribution in [2.24, 2.45) is 17.4 Å². The minimum atomic E-state index is -0.208. The third-order valence-electron chi connectivity index (χ3n) is 3.35. The van der Waals surface area contributed by atoms with Gasteiger partial charge < -0.3 is 11.5 Å². The predicted molar refractivity (Wildman–Crippen MR) is 74.9 cm³/mol. The van der Waals surface area contributed by atoms with Crippen molar-refractivity contribution in [3.63, 3.8) is 0 Å². The van der Waals surface area contributed by atoms with Gasteiger partial charge in [0.1, 0.15) is 4.99 Å². The molecule has 0 bridgehead atoms. The van der Waals surface area contributed by atoms with Crippen LogP contribution in [0.4, 0.5) is 0 Å². The first kappa shape index (κ1) is 13.0. The lowest BCUT2D eigenvalue weighted by Crippen LogP contribution is -2.27. The zero-order chi connectivity index (χ0) is 13.1. The average molecular weight is 263 g/mol. The number of thiocarbonyl (C=S) groups is 1. The number of primary amides is 1. The van der Waals surface area contributed by atoms with Crippen molar-refractivity contribution < 1.29 is 4.79 Å². The Labute approximate surface area is 112 Å². The second-order valence-electron chi connectivity index (χ2n) is 4.64. The largest absolute Gasteiger partial charge is 0.389 e. The SMILES string of the molecule is NC(=O)C1CCN(Cc2ccccc2C(N)=S)C1. The number of rotatable bonds is 4. The highest BCUT2D eigenvalue weighted by Crippen LogP contribution is 2.20. The second-order valence-corrected chi connectivity index (χ2v) is 5.08. The maximum Gasteiger partial charge on any atom is 0.221 e. The van der Waals surface area contributed by atoms with Crippen molar-refractivity contribution in [1.82, 2.24) is 4.90 Å². The number of carbonyl (C=O) groups excluding carboxylic acids is 1. The quantitative estimate of drug-likeness (QED) is 0.782. The summed E-state index contributed by atoms with van der Waals surface area (Å²) in [6.45, 7) is 2.37. The summed E-state index contributed by atoms with van der Waals surface area (Å²) in [4.78, 5) is 13.8. The Morgan fingerprint density at radius 3 is 2.72 bits per heavy atom. The molecule has 0 aromatic heterocycles. The van der Waals surface area contributed by atoms with Gasteiger partial charge in [0.25, 0.3) is 0 Å². The van der Waals surface area contributed by atoms with Gasteiger partial charge in [-0.3, -0.25) is 9.69 Å². The standard InChI is InChI=1S/C13H17N3OS/c14-12(17)10-5-6-16(8-10)7-9-3-1-2-4-11(9)13(15)18/h1-4,10H,5-8H2,(H2,14,17)(H2,15,18). The summed E-state index contributed by atoms with van der Waals surface area (Å²) in [5.41, 5.74) is 13.0. The summed E-state index contributed by atoms with van der Waals surface area (Å²) in [6, 6.07) is 7.85. The fourth-order valence-corrected chi connectivity index (χ4v) is 2.55. The van der Waals surface area contributed by atoms with Crippen LogP contribution in [0.1, 0.15) is 17.5 Å². The first-order valence-electron chi connectivity index (χ1n) is 5.97. The molecule has 1 unspecified atom stereocenters. The van der Waals surface area contributed by atoms with Gasteiger partial charge in [0.05, 0.1) is 5.92 Å². The topological polar surface area (TPSA) is 72.4 Å². The number of likely N-dealkylation sites (tertiary alicyclic amines) is 1. The number of nitrogens with two attached hydrogens (primary N) is 2. The molecule has 5 heteroatoms. The first-order chi connectivity index (χ1) is 8.58. The molecule has 0 aliphatic carbocycles. The number of benzene rings is 1. The molecule has 2 rings (SSSR count). The van der Waals surface area contributed by atoms with E-state index in [9.17, 15) is 4.79 Å². The van der Waals surface area contributed by atoms with Crippen molar-refractivity contribution in [2.45, 2.75) is 13.0 Å². The molecule has 1 aliphatic rings.